The molecule has 1 heterocycles. The molecule has 0 saturated heterocycles. The maximum atomic E-state index is 11.5. The average Bonchev–Trinajstić information content (AvgIpc) is 2.15. The van der Waals surface area contributed by atoms with Crippen LogP contribution in [-0.2, 0) is 0 Å². The van der Waals surface area contributed by atoms with Gasteiger partial charge in [-0.3, -0.25) is 14.8 Å². The van der Waals surface area contributed by atoms with Gasteiger partial charge in [-0.15, -0.1) is 0 Å². The van der Waals surface area contributed by atoms with Crippen molar-refractivity contribution in [2.24, 2.45) is 0 Å². The Labute approximate surface area is 81.5 Å². The van der Waals surface area contributed by atoms with Gasteiger partial charge in [0.05, 0.1) is 0 Å². The van der Waals surface area contributed by atoms with Crippen molar-refractivity contribution in [3.8, 4) is 0 Å². The number of nitrogens with one attached hydrogen (secondary N) is 1. The van der Waals surface area contributed by atoms with Crippen LogP contribution in [0.1, 0.15) is 10.5 Å². The molecule has 13 heavy (non-hydrogen) atoms. The number of hydrogen-bond donors (Lipinski definition) is 1. The molecule has 5 heteroatoms. The van der Waals surface area contributed by atoms with Crippen molar-refractivity contribution in [1.29, 1.82) is 0 Å². The van der Waals surface area contributed by atoms with E-state index in [0.717, 1.165) is 0 Å². The van der Waals surface area contributed by atoms with Crippen LogP contribution in [-0.4, -0.2) is 30.0 Å². The monoisotopic (exact) mass is 199 g/mol. The number of amides is 1. The summed E-state index contributed by atoms with van der Waals surface area (Å²) in [5.41, 5.74) is 3.01. The Bertz CT molecular complexity index is 316. The largest absolute Gasteiger partial charge is 0.286 e. The molecule has 0 aromatic carbocycles. The first-order chi connectivity index (χ1) is 6.15. The molecule has 0 saturated carbocycles. The third kappa shape index (κ3) is 2.40. The van der Waals surface area contributed by atoms with Crippen molar-refractivity contribution in [1.82, 2.24) is 15.4 Å². The Morgan fingerprint density at radius 2 is 2.38 bits per heavy atom. The van der Waals surface area contributed by atoms with Crippen LogP contribution in [0.5, 0.6) is 0 Å². The number of nitrogens with zero attached hydrogens (tertiary/aromatic N) is 2. The average molecular weight is 200 g/mol. The summed E-state index contributed by atoms with van der Waals surface area (Å²) in [4.78, 5) is 15.4. The lowest BCUT2D eigenvalue weighted by Crippen LogP contribution is -2.37. The lowest BCUT2D eigenvalue weighted by Gasteiger charge is -2.14. The summed E-state index contributed by atoms with van der Waals surface area (Å²) >= 11 is 5.71. The van der Waals surface area contributed by atoms with E-state index in [1.165, 1.54) is 17.3 Å². The number of carbonyl (C=O) groups is 1. The highest BCUT2D eigenvalue weighted by Gasteiger charge is 2.11. The van der Waals surface area contributed by atoms with Gasteiger partial charge in [-0.25, -0.2) is 5.43 Å². The maximum Gasteiger partial charge on any atom is 0.286 e. The molecule has 0 bridgehead atoms. The van der Waals surface area contributed by atoms with Crippen molar-refractivity contribution >= 4 is 17.5 Å². The quantitative estimate of drug-likeness (QED) is 0.722. The second-order valence-electron chi connectivity index (χ2n) is 2.45. The van der Waals surface area contributed by atoms with Crippen molar-refractivity contribution in [2.45, 2.75) is 0 Å². The van der Waals surface area contributed by atoms with Crippen molar-refractivity contribution in [3.05, 3.63) is 29.0 Å². The van der Waals surface area contributed by atoms with E-state index in [0.29, 0.717) is 10.7 Å². The zero-order valence-corrected chi connectivity index (χ0v) is 8.17. The minimum atomic E-state index is -0.218. The van der Waals surface area contributed by atoms with Crippen LogP contribution in [0.4, 0.5) is 0 Å². The lowest BCUT2D eigenvalue weighted by atomic mass is 10.3. The number of aromatic nitrogens is 1. The van der Waals surface area contributed by atoms with Crippen LogP contribution in [0.3, 0.4) is 0 Å². The number of pyridine rings is 1. The fourth-order valence-corrected chi connectivity index (χ4v) is 0.955. The summed E-state index contributed by atoms with van der Waals surface area (Å²) in [7, 11) is 3.27. The topological polar surface area (TPSA) is 45.2 Å². The van der Waals surface area contributed by atoms with Crippen LogP contribution >= 0.6 is 11.6 Å². The van der Waals surface area contributed by atoms with Gasteiger partial charge in [-0.2, -0.15) is 0 Å². The number of carbonyl (C=O) groups excluding carboxylic acids is 1. The molecule has 1 aromatic rings. The smallest absolute Gasteiger partial charge is 0.276 e. The highest BCUT2D eigenvalue weighted by molar-refractivity contribution is 6.30. The second kappa shape index (κ2) is 4.20. The van der Waals surface area contributed by atoms with E-state index in [2.05, 4.69) is 10.4 Å². The SMILES string of the molecule is CNN(C)C(=O)c1cc(Cl)ccn1. The molecule has 0 atom stereocenters. The summed E-state index contributed by atoms with van der Waals surface area (Å²) in [6.45, 7) is 0. The lowest BCUT2D eigenvalue weighted by molar-refractivity contribution is 0.0729. The predicted molar refractivity (Wildman–Crippen MR) is 50.4 cm³/mol. The van der Waals surface area contributed by atoms with Gasteiger partial charge in [0, 0.05) is 25.3 Å². The Kier molecular flexibility index (Phi) is 3.22. The summed E-state index contributed by atoms with van der Waals surface area (Å²) < 4.78 is 0. The minimum absolute atomic E-state index is 0.218. The summed E-state index contributed by atoms with van der Waals surface area (Å²) in [5, 5.41) is 1.83. The molecule has 0 fully saturated rings. The number of hydrogen-bond acceptors (Lipinski definition) is 3. The van der Waals surface area contributed by atoms with Crippen LogP contribution in [0.25, 0.3) is 0 Å². The maximum absolute atomic E-state index is 11.5. The molecule has 0 unspecified atom stereocenters. The molecule has 0 aliphatic rings. The van der Waals surface area contributed by atoms with Crippen LogP contribution in [0, 0.1) is 0 Å². The first-order valence-electron chi connectivity index (χ1n) is 3.72. The molecule has 0 spiro atoms. The molecule has 1 aromatic heterocycles. The van der Waals surface area contributed by atoms with Crippen LogP contribution in [0.15, 0.2) is 18.3 Å². The van der Waals surface area contributed by atoms with Gasteiger partial charge >= 0.3 is 0 Å². The standard InChI is InChI=1S/C8H10ClN3O/c1-10-12(2)8(13)7-5-6(9)3-4-11-7/h3-5,10H,1-2H3. The van der Waals surface area contributed by atoms with E-state index in [1.807, 2.05) is 0 Å². The van der Waals surface area contributed by atoms with Crippen molar-refractivity contribution < 1.29 is 4.79 Å². The van der Waals surface area contributed by atoms with E-state index in [9.17, 15) is 4.79 Å². The third-order valence-corrected chi connectivity index (χ3v) is 1.82. The number of hydrazine groups is 1. The Morgan fingerprint density at radius 3 is 2.92 bits per heavy atom. The molecular formula is C8H10ClN3O. The molecular weight excluding hydrogens is 190 g/mol. The molecule has 0 aliphatic carbocycles. The second-order valence-corrected chi connectivity index (χ2v) is 2.88. The first-order valence-corrected chi connectivity index (χ1v) is 4.10. The summed E-state index contributed by atoms with van der Waals surface area (Å²) in [6.07, 6.45) is 1.50. The van der Waals surface area contributed by atoms with E-state index in [4.69, 9.17) is 11.6 Å². The van der Waals surface area contributed by atoms with Crippen molar-refractivity contribution in [3.63, 3.8) is 0 Å². The number of rotatable bonds is 2. The Morgan fingerprint density at radius 1 is 1.69 bits per heavy atom. The molecule has 1 amide bonds. The molecule has 1 rings (SSSR count). The van der Waals surface area contributed by atoms with Gasteiger partial charge in [-0.05, 0) is 12.1 Å². The van der Waals surface area contributed by atoms with E-state index < -0.39 is 0 Å². The van der Waals surface area contributed by atoms with Crippen LogP contribution in [0.2, 0.25) is 5.02 Å². The highest BCUT2D eigenvalue weighted by Crippen LogP contribution is 2.08. The molecule has 70 valence electrons. The van der Waals surface area contributed by atoms with E-state index >= 15 is 0 Å². The molecule has 4 nitrogen and oxygen atoms in total. The fourth-order valence-electron chi connectivity index (χ4n) is 0.795. The highest BCUT2D eigenvalue weighted by atomic mass is 35.5. The fraction of sp³-hybridized carbons (Fsp3) is 0.250. The van der Waals surface area contributed by atoms with Gasteiger partial charge in [0.25, 0.3) is 5.91 Å². The number of halogens is 1. The van der Waals surface area contributed by atoms with Gasteiger partial charge in [0.15, 0.2) is 0 Å². The van der Waals surface area contributed by atoms with Crippen molar-refractivity contribution in [2.75, 3.05) is 14.1 Å². The summed E-state index contributed by atoms with van der Waals surface area (Å²) in [6, 6.07) is 3.15. The zero-order valence-electron chi connectivity index (χ0n) is 7.41. The van der Waals surface area contributed by atoms with Crippen LogP contribution < -0.4 is 5.43 Å². The van der Waals surface area contributed by atoms with E-state index in [-0.39, 0.29) is 5.91 Å². The van der Waals surface area contributed by atoms with Gasteiger partial charge in [0.2, 0.25) is 0 Å². The van der Waals surface area contributed by atoms with Gasteiger partial charge in [-0.1, -0.05) is 11.6 Å². The summed E-state index contributed by atoms with van der Waals surface area (Å²) in [5.74, 6) is -0.218. The van der Waals surface area contributed by atoms with Gasteiger partial charge in [0.1, 0.15) is 5.69 Å². The predicted octanol–water partition coefficient (Wildman–Crippen LogP) is 0.941. The minimum Gasteiger partial charge on any atom is -0.276 e. The molecule has 1 N–H and O–H groups in total. The Hall–Kier alpha value is -1.13. The Balaban J connectivity index is 2.89. The third-order valence-electron chi connectivity index (χ3n) is 1.58. The molecule has 0 radical (unpaired) electrons. The van der Waals surface area contributed by atoms with Gasteiger partial charge < -0.3 is 0 Å². The normalized spacial score (nSPS) is 9.77. The first kappa shape index (κ1) is 9.95. The molecule has 0 aliphatic heterocycles. The van der Waals surface area contributed by atoms with E-state index in [1.54, 1.807) is 20.2 Å². The zero-order chi connectivity index (χ0) is 9.84.